The number of imidazole rings is 1. The summed E-state index contributed by atoms with van der Waals surface area (Å²) in [5, 5.41) is 10.2. The molecule has 1 aliphatic rings. The minimum absolute atomic E-state index is 0.0458. The van der Waals surface area contributed by atoms with E-state index in [1.165, 1.54) is 24.9 Å². The Bertz CT molecular complexity index is 1930. The number of alkyl halides is 2. The van der Waals surface area contributed by atoms with Gasteiger partial charge in [0.2, 0.25) is 0 Å². The lowest BCUT2D eigenvalue weighted by molar-refractivity contribution is -0.133. The van der Waals surface area contributed by atoms with Gasteiger partial charge in [-0.15, -0.1) is 0 Å². The third-order valence-corrected chi connectivity index (χ3v) is 8.17. The average Bonchev–Trinajstić information content (AvgIpc) is 3.46. The van der Waals surface area contributed by atoms with E-state index in [9.17, 15) is 18.7 Å². The third kappa shape index (κ3) is 6.57. The van der Waals surface area contributed by atoms with Gasteiger partial charge in [0.15, 0.2) is 23.0 Å². The fourth-order valence-electron chi connectivity index (χ4n) is 5.78. The van der Waals surface area contributed by atoms with Crippen molar-refractivity contribution in [2.75, 3.05) is 23.7 Å². The summed E-state index contributed by atoms with van der Waals surface area (Å²) in [5.74, 6) is -3.05. The number of hydrogen-bond donors (Lipinski definition) is 3. The van der Waals surface area contributed by atoms with Crippen molar-refractivity contribution >= 4 is 28.6 Å². The van der Waals surface area contributed by atoms with Gasteiger partial charge >= 0.3 is 5.97 Å². The molecular weight excluding hydrogens is 620 g/mol. The lowest BCUT2D eigenvalue weighted by atomic mass is 9.84. The summed E-state index contributed by atoms with van der Waals surface area (Å²) in [5.41, 5.74) is 12.9. The number of carbonyl (C=O) groups excluding carboxylic acids is 1. The van der Waals surface area contributed by atoms with Gasteiger partial charge in [-0.05, 0) is 36.1 Å². The number of piperidine rings is 1. The summed E-state index contributed by atoms with van der Waals surface area (Å²) in [6, 6.07) is 11.9. The fraction of sp³-hybridized carbons (Fsp3) is 0.281. The molecule has 244 valence electrons. The van der Waals surface area contributed by atoms with E-state index in [2.05, 4.69) is 19.9 Å². The SMILES string of the molecule is Nc1ncnc2c1ncn2Cc1cc(-c2cc(F)c(OC(=O)Cc3ccccc3)cc2F)ncc1N1CCC[C@](N)([C@H](O)C(F)F)C1. The zero-order valence-corrected chi connectivity index (χ0v) is 24.9. The van der Waals surface area contributed by atoms with Crippen molar-refractivity contribution in [3.05, 3.63) is 90.1 Å². The smallest absolute Gasteiger partial charge is 0.315 e. The number of nitrogens with two attached hydrogens (primary N) is 2. The van der Waals surface area contributed by atoms with E-state index in [4.69, 9.17) is 16.2 Å². The predicted molar refractivity (Wildman–Crippen MR) is 165 cm³/mol. The van der Waals surface area contributed by atoms with E-state index in [1.807, 2.05) is 0 Å². The first-order chi connectivity index (χ1) is 22.5. The first kappa shape index (κ1) is 31.8. The van der Waals surface area contributed by atoms with Crippen molar-refractivity contribution in [3.8, 4) is 17.0 Å². The number of aliphatic hydroxyl groups excluding tert-OH is 1. The van der Waals surface area contributed by atoms with Gasteiger partial charge in [0.25, 0.3) is 6.43 Å². The molecule has 4 heterocycles. The van der Waals surface area contributed by atoms with Crippen LogP contribution in [-0.4, -0.2) is 66.7 Å². The molecule has 11 nitrogen and oxygen atoms in total. The van der Waals surface area contributed by atoms with Gasteiger partial charge in [-0.1, -0.05) is 30.3 Å². The number of fused-ring (bicyclic) bond motifs is 1. The molecule has 0 radical (unpaired) electrons. The predicted octanol–water partition coefficient (Wildman–Crippen LogP) is 3.87. The molecule has 1 fully saturated rings. The van der Waals surface area contributed by atoms with Crippen LogP contribution in [0.2, 0.25) is 0 Å². The maximum atomic E-state index is 15.5. The highest BCUT2D eigenvalue weighted by atomic mass is 19.3. The van der Waals surface area contributed by atoms with Crippen LogP contribution < -0.4 is 21.1 Å². The van der Waals surface area contributed by atoms with Crippen molar-refractivity contribution in [3.63, 3.8) is 0 Å². The van der Waals surface area contributed by atoms with Crippen LogP contribution in [0, 0.1) is 11.6 Å². The van der Waals surface area contributed by atoms with E-state index in [0.29, 0.717) is 40.9 Å². The van der Waals surface area contributed by atoms with Crippen LogP contribution in [0.3, 0.4) is 0 Å². The number of esters is 1. The average molecular weight is 651 g/mol. The molecular formula is C32H30F4N8O3. The number of benzene rings is 2. The molecule has 3 aromatic heterocycles. The van der Waals surface area contributed by atoms with Crippen LogP contribution in [0.4, 0.5) is 29.1 Å². The number of aromatic nitrogens is 5. The van der Waals surface area contributed by atoms with Crippen molar-refractivity contribution in [2.24, 2.45) is 5.73 Å². The number of pyridine rings is 1. The summed E-state index contributed by atoms with van der Waals surface area (Å²) < 4.78 is 64.5. The zero-order valence-electron chi connectivity index (χ0n) is 24.9. The first-order valence-electron chi connectivity index (χ1n) is 14.7. The van der Waals surface area contributed by atoms with E-state index >= 15 is 8.78 Å². The molecule has 15 heteroatoms. The Morgan fingerprint density at radius 3 is 2.62 bits per heavy atom. The second kappa shape index (κ2) is 12.9. The van der Waals surface area contributed by atoms with Gasteiger partial charge in [0.05, 0.1) is 42.4 Å². The molecule has 0 aliphatic carbocycles. The van der Waals surface area contributed by atoms with Gasteiger partial charge in [-0.3, -0.25) is 9.78 Å². The Morgan fingerprint density at radius 2 is 1.85 bits per heavy atom. The number of nitrogen functional groups attached to an aromatic ring is 1. The van der Waals surface area contributed by atoms with Crippen LogP contribution in [0.5, 0.6) is 5.75 Å². The molecule has 0 amide bonds. The van der Waals surface area contributed by atoms with Crippen LogP contribution in [0.25, 0.3) is 22.4 Å². The second-order valence-corrected chi connectivity index (χ2v) is 11.4. The standard InChI is InChI=1S/C32H30F4N8O3/c33-21-12-25(47-26(45)9-18-5-2-1-3-6-18)22(34)11-20(21)23-10-19(14-44-17-42-27-30(37)40-16-41-31(27)44)24(13-39-23)43-8-4-7-32(38,15-43)28(46)29(35)36/h1-3,5-6,10-13,16-17,28-29,46H,4,7-9,14-15,38H2,(H2,37,40,41)/t28-,32-/m1/s1. The minimum Gasteiger partial charge on any atom is -0.423 e. The molecule has 2 atom stereocenters. The second-order valence-electron chi connectivity index (χ2n) is 11.4. The number of anilines is 2. The Hall–Kier alpha value is -5.15. The monoisotopic (exact) mass is 650 g/mol. The molecule has 47 heavy (non-hydrogen) atoms. The maximum Gasteiger partial charge on any atom is 0.315 e. The molecule has 0 unspecified atom stereocenters. The molecule has 0 bridgehead atoms. The Morgan fingerprint density at radius 1 is 1.06 bits per heavy atom. The highest BCUT2D eigenvalue weighted by molar-refractivity contribution is 5.81. The normalized spacial score (nSPS) is 17.3. The highest BCUT2D eigenvalue weighted by Crippen LogP contribution is 2.35. The Kier molecular flexibility index (Phi) is 8.75. The fourth-order valence-corrected chi connectivity index (χ4v) is 5.78. The summed E-state index contributed by atoms with van der Waals surface area (Å²) in [4.78, 5) is 31.0. The van der Waals surface area contributed by atoms with Crippen molar-refractivity contribution in [2.45, 2.75) is 43.9 Å². The lowest BCUT2D eigenvalue weighted by Gasteiger charge is -2.44. The number of nitrogens with zero attached hydrogens (tertiary/aromatic N) is 6. The minimum atomic E-state index is -3.04. The van der Waals surface area contributed by atoms with Crippen LogP contribution in [-0.2, 0) is 17.8 Å². The van der Waals surface area contributed by atoms with E-state index in [1.54, 1.807) is 39.8 Å². The van der Waals surface area contributed by atoms with Gasteiger partial charge in [0, 0.05) is 24.7 Å². The molecule has 2 aromatic carbocycles. The van der Waals surface area contributed by atoms with E-state index in [0.717, 1.165) is 12.1 Å². The molecule has 5 aromatic rings. The third-order valence-electron chi connectivity index (χ3n) is 8.17. The van der Waals surface area contributed by atoms with Crippen molar-refractivity contribution < 1.29 is 32.2 Å². The number of halogens is 4. The zero-order chi connectivity index (χ0) is 33.3. The van der Waals surface area contributed by atoms with Crippen LogP contribution in [0.15, 0.2) is 67.4 Å². The lowest BCUT2D eigenvalue weighted by Crippen LogP contribution is -2.63. The molecule has 5 N–H and O–H groups in total. The number of carbonyl (C=O) groups is 1. The van der Waals surface area contributed by atoms with Crippen molar-refractivity contribution in [1.29, 1.82) is 0 Å². The number of hydrogen-bond acceptors (Lipinski definition) is 10. The van der Waals surface area contributed by atoms with E-state index < -0.39 is 41.4 Å². The molecule has 1 saturated heterocycles. The van der Waals surface area contributed by atoms with Gasteiger partial charge in [-0.25, -0.2) is 32.5 Å². The molecule has 0 saturated carbocycles. The van der Waals surface area contributed by atoms with Gasteiger partial charge in [0.1, 0.15) is 23.8 Å². The topological polar surface area (TPSA) is 158 Å². The summed E-state index contributed by atoms with van der Waals surface area (Å²) >= 11 is 0. The summed E-state index contributed by atoms with van der Waals surface area (Å²) in [6.45, 7) is 0.385. The molecule has 6 rings (SSSR count). The van der Waals surface area contributed by atoms with Crippen molar-refractivity contribution in [1.82, 2.24) is 24.5 Å². The summed E-state index contributed by atoms with van der Waals surface area (Å²) in [6.07, 6.45) is -0.475. The molecule has 1 aliphatic heterocycles. The Balaban J connectivity index is 1.35. The number of ether oxygens (including phenoxy) is 1. The number of rotatable bonds is 9. The number of aliphatic hydroxyl groups is 1. The van der Waals surface area contributed by atoms with Gasteiger partial charge in [-0.2, -0.15) is 0 Å². The van der Waals surface area contributed by atoms with Crippen LogP contribution >= 0.6 is 0 Å². The van der Waals surface area contributed by atoms with Crippen LogP contribution in [0.1, 0.15) is 24.0 Å². The van der Waals surface area contributed by atoms with Gasteiger partial charge < -0.3 is 30.8 Å². The maximum absolute atomic E-state index is 15.5. The highest BCUT2D eigenvalue weighted by Gasteiger charge is 2.43. The Labute approximate surface area is 265 Å². The first-order valence-corrected chi connectivity index (χ1v) is 14.7. The van der Waals surface area contributed by atoms with E-state index in [-0.39, 0.29) is 43.0 Å². The largest absolute Gasteiger partial charge is 0.423 e. The quantitative estimate of drug-likeness (QED) is 0.122. The summed E-state index contributed by atoms with van der Waals surface area (Å²) in [7, 11) is 0. The molecule has 0 spiro atoms.